The lowest BCUT2D eigenvalue weighted by atomic mass is 10.2. The van der Waals surface area contributed by atoms with Crippen molar-refractivity contribution in [3.05, 3.63) is 42.2 Å². The SMILES string of the molecule is COc1cc(/C=N/Nc2nc(SCC(=O)NC3CCCC3)n[nH]2)ccc1OCn1cccn1. The Labute approximate surface area is 195 Å². The van der Waals surface area contributed by atoms with Crippen molar-refractivity contribution < 1.29 is 14.3 Å². The van der Waals surface area contributed by atoms with Crippen LogP contribution >= 0.6 is 11.8 Å². The van der Waals surface area contributed by atoms with Crippen LogP contribution in [0.1, 0.15) is 31.2 Å². The highest BCUT2D eigenvalue weighted by atomic mass is 32.2. The minimum Gasteiger partial charge on any atom is -0.493 e. The number of H-pyrrole nitrogens is 1. The number of nitrogens with zero attached hydrogens (tertiary/aromatic N) is 5. The number of aromatic amines is 1. The van der Waals surface area contributed by atoms with E-state index in [1.807, 2.05) is 30.5 Å². The number of ether oxygens (including phenoxy) is 2. The van der Waals surface area contributed by atoms with Crippen LogP contribution in [0.4, 0.5) is 5.95 Å². The van der Waals surface area contributed by atoms with E-state index in [2.05, 4.69) is 36.1 Å². The van der Waals surface area contributed by atoms with Crippen molar-refractivity contribution in [1.82, 2.24) is 30.3 Å². The Bertz CT molecular complexity index is 1060. The Morgan fingerprint density at radius 1 is 1.36 bits per heavy atom. The summed E-state index contributed by atoms with van der Waals surface area (Å²) in [7, 11) is 1.58. The summed E-state index contributed by atoms with van der Waals surface area (Å²) in [5, 5.41) is 18.7. The fraction of sp³-hybridized carbons (Fsp3) is 0.381. The average molecular weight is 471 g/mol. The Balaban J connectivity index is 1.24. The van der Waals surface area contributed by atoms with Crippen LogP contribution in [0, 0.1) is 0 Å². The van der Waals surface area contributed by atoms with Crippen molar-refractivity contribution in [2.45, 2.75) is 43.6 Å². The lowest BCUT2D eigenvalue weighted by Gasteiger charge is -2.11. The van der Waals surface area contributed by atoms with E-state index < -0.39 is 0 Å². The molecule has 4 rings (SSSR count). The van der Waals surface area contributed by atoms with E-state index in [9.17, 15) is 4.79 Å². The molecule has 0 spiro atoms. The highest BCUT2D eigenvalue weighted by Gasteiger charge is 2.17. The van der Waals surface area contributed by atoms with Gasteiger partial charge in [-0.05, 0) is 42.7 Å². The number of nitrogens with one attached hydrogen (secondary N) is 3. The normalized spacial score (nSPS) is 14.0. The van der Waals surface area contributed by atoms with Gasteiger partial charge in [-0.1, -0.05) is 24.6 Å². The molecule has 1 aliphatic carbocycles. The molecule has 0 bridgehead atoms. The Hall–Kier alpha value is -3.54. The number of hydrazone groups is 1. The lowest BCUT2D eigenvalue weighted by molar-refractivity contribution is -0.119. The second-order valence-corrected chi connectivity index (χ2v) is 8.35. The molecule has 12 heteroatoms. The van der Waals surface area contributed by atoms with Crippen molar-refractivity contribution in [1.29, 1.82) is 0 Å². The number of hydrogen-bond donors (Lipinski definition) is 3. The molecule has 1 amide bonds. The van der Waals surface area contributed by atoms with Gasteiger partial charge >= 0.3 is 0 Å². The number of amides is 1. The van der Waals surface area contributed by atoms with Crippen LogP contribution in [0.2, 0.25) is 0 Å². The standard InChI is InChI=1S/C21H26N8O3S/c1-31-18-11-15(7-8-17(18)32-14-29-10-4-9-23-29)12-22-26-20-25-21(28-27-20)33-13-19(30)24-16-5-2-3-6-16/h4,7-12,16H,2-3,5-6,13-14H2,1H3,(H,24,30)(H2,25,26,27,28)/b22-12+. The maximum Gasteiger partial charge on any atom is 0.240 e. The zero-order valence-electron chi connectivity index (χ0n) is 18.2. The number of thioether (sulfide) groups is 1. The summed E-state index contributed by atoms with van der Waals surface area (Å²) in [5.41, 5.74) is 3.61. The molecule has 0 saturated heterocycles. The summed E-state index contributed by atoms with van der Waals surface area (Å²) in [6.45, 7) is 0.284. The minimum absolute atomic E-state index is 0.00947. The van der Waals surface area contributed by atoms with Gasteiger partial charge in [-0.2, -0.15) is 15.2 Å². The summed E-state index contributed by atoms with van der Waals surface area (Å²) in [5.74, 6) is 1.87. The predicted molar refractivity (Wildman–Crippen MR) is 125 cm³/mol. The van der Waals surface area contributed by atoms with Crippen LogP contribution < -0.4 is 20.2 Å². The van der Waals surface area contributed by atoms with Crippen molar-refractivity contribution >= 4 is 29.8 Å². The lowest BCUT2D eigenvalue weighted by Crippen LogP contribution is -2.33. The molecule has 0 unspecified atom stereocenters. The van der Waals surface area contributed by atoms with Gasteiger partial charge in [-0.3, -0.25) is 4.79 Å². The maximum absolute atomic E-state index is 12.0. The van der Waals surface area contributed by atoms with Crippen molar-refractivity contribution in [3.63, 3.8) is 0 Å². The van der Waals surface area contributed by atoms with Crippen LogP contribution in [-0.4, -0.2) is 56.0 Å². The highest BCUT2D eigenvalue weighted by Crippen LogP contribution is 2.28. The highest BCUT2D eigenvalue weighted by molar-refractivity contribution is 7.99. The van der Waals surface area contributed by atoms with Gasteiger partial charge in [0.2, 0.25) is 17.0 Å². The summed E-state index contributed by atoms with van der Waals surface area (Å²) >= 11 is 1.28. The van der Waals surface area contributed by atoms with Crippen molar-refractivity contribution in [2.75, 3.05) is 18.3 Å². The fourth-order valence-electron chi connectivity index (χ4n) is 3.39. The molecule has 3 N–H and O–H groups in total. The smallest absolute Gasteiger partial charge is 0.240 e. The third kappa shape index (κ3) is 6.72. The van der Waals surface area contributed by atoms with Gasteiger partial charge in [0.05, 0.1) is 19.1 Å². The maximum atomic E-state index is 12.0. The molecule has 0 radical (unpaired) electrons. The third-order valence-corrected chi connectivity index (χ3v) is 5.85. The topological polar surface area (TPSA) is 131 Å². The van der Waals surface area contributed by atoms with E-state index in [4.69, 9.17) is 9.47 Å². The number of carbonyl (C=O) groups is 1. The molecule has 0 atom stereocenters. The third-order valence-electron chi connectivity index (χ3n) is 5.00. The van der Waals surface area contributed by atoms with Gasteiger partial charge in [0.25, 0.3) is 0 Å². The zero-order valence-corrected chi connectivity index (χ0v) is 19.0. The first kappa shape index (κ1) is 22.6. The summed E-state index contributed by atoms with van der Waals surface area (Å²) in [6.07, 6.45) is 9.64. The Kier molecular flexibility index (Phi) is 7.80. The van der Waals surface area contributed by atoms with Gasteiger partial charge in [-0.25, -0.2) is 15.2 Å². The average Bonchev–Trinajstić information content (AvgIpc) is 3.60. The molecule has 1 saturated carbocycles. The number of carbonyl (C=O) groups excluding carboxylic acids is 1. The van der Waals surface area contributed by atoms with Gasteiger partial charge in [0, 0.05) is 18.4 Å². The number of rotatable bonds is 11. The molecule has 1 fully saturated rings. The van der Waals surface area contributed by atoms with E-state index in [1.54, 1.807) is 24.2 Å². The molecule has 1 aromatic carbocycles. The number of methoxy groups -OCH3 is 1. The molecule has 0 aliphatic heterocycles. The van der Waals surface area contributed by atoms with Crippen LogP contribution in [0.3, 0.4) is 0 Å². The van der Waals surface area contributed by atoms with Gasteiger partial charge in [-0.15, -0.1) is 5.10 Å². The van der Waals surface area contributed by atoms with E-state index in [0.717, 1.165) is 18.4 Å². The second kappa shape index (κ2) is 11.4. The predicted octanol–water partition coefficient (Wildman–Crippen LogP) is 2.64. The van der Waals surface area contributed by atoms with Gasteiger partial charge in [0.15, 0.2) is 18.2 Å². The van der Waals surface area contributed by atoms with E-state index in [-0.39, 0.29) is 18.4 Å². The molecule has 174 valence electrons. The first-order valence-electron chi connectivity index (χ1n) is 10.6. The summed E-state index contributed by atoms with van der Waals surface area (Å²) < 4.78 is 12.8. The molecule has 2 heterocycles. The number of aromatic nitrogens is 5. The van der Waals surface area contributed by atoms with Crippen LogP contribution in [0.15, 0.2) is 46.9 Å². The molecule has 2 aromatic heterocycles. The molecule has 33 heavy (non-hydrogen) atoms. The molecule has 1 aliphatic rings. The van der Waals surface area contributed by atoms with Crippen LogP contribution in [-0.2, 0) is 11.5 Å². The van der Waals surface area contributed by atoms with E-state index in [1.165, 1.54) is 24.6 Å². The van der Waals surface area contributed by atoms with Crippen molar-refractivity contribution in [2.24, 2.45) is 5.10 Å². The van der Waals surface area contributed by atoms with E-state index >= 15 is 0 Å². The van der Waals surface area contributed by atoms with Crippen LogP contribution in [0.25, 0.3) is 0 Å². The van der Waals surface area contributed by atoms with E-state index in [0.29, 0.717) is 28.6 Å². The number of benzene rings is 1. The fourth-order valence-corrected chi connectivity index (χ4v) is 4.00. The molecule has 3 aromatic rings. The van der Waals surface area contributed by atoms with Gasteiger partial charge < -0.3 is 14.8 Å². The number of hydrogen-bond acceptors (Lipinski definition) is 9. The first-order valence-corrected chi connectivity index (χ1v) is 11.6. The number of anilines is 1. The Morgan fingerprint density at radius 3 is 3.03 bits per heavy atom. The van der Waals surface area contributed by atoms with Crippen molar-refractivity contribution in [3.8, 4) is 11.5 Å². The molecular weight excluding hydrogens is 444 g/mol. The summed E-state index contributed by atoms with van der Waals surface area (Å²) in [6, 6.07) is 7.62. The zero-order chi connectivity index (χ0) is 22.9. The monoisotopic (exact) mass is 470 g/mol. The summed E-state index contributed by atoms with van der Waals surface area (Å²) in [4.78, 5) is 16.3. The molecule has 11 nitrogen and oxygen atoms in total. The quantitative estimate of drug-likeness (QED) is 0.221. The van der Waals surface area contributed by atoms with Gasteiger partial charge in [0.1, 0.15) is 0 Å². The molecular formula is C21H26N8O3S. The minimum atomic E-state index is 0.00947. The first-order chi connectivity index (χ1) is 16.2. The largest absolute Gasteiger partial charge is 0.493 e. The van der Waals surface area contributed by atoms with Crippen LogP contribution in [0.5, 0.6) is 11.5 Å². The Morgan fingerprint density at radius 2 is 2.24 bits per heavy atom. The second-order valence-electron chi connectivity index (χ2n) is 7.40.